The number of amides is 1. The number of anilines is 1. The second-order valence-corrected chi connectivity index (χ2v) is 4.46. The molecule has 0 bridgehead atoms. The number of nitrogens with zero attached hydrogens (tertiary/aromatic N) is 1. The first-order valence-electron chi connectivity index (χ1n) is 5.21. The minimum Gasteiger partial charge on any atom is -0.443 e. The van der Waals surface area contributed by atoms with Gasteiger partial charge in [0.2, 0.25) is 11.7 Å². The molecule has 18 heavy (non-hydrogen) atoms. The molecule has 0 unspecified atom stereocenters. The third-order valence-corrected chi connectivity index (χ3v) is 2.81. The fourth-order valence-corrected chi connectivity index (χ4v) is 1.95. The van der Waals surface area contributed by atoms with Crippen LogP contribution in [0.4, 0.5) is 5.69 Å². The van der Waals surface area contributed by atoms with E-state index in [1.165, 1.54) is 6.08 Å². The molecule has 2 rings (SSSR count). The number of nitrogens with one attached hydrogen (secondary N) is 1. The van der Waals surface area contributed by atoms with Crippen molar-refractivity contribution in [1.82, 2.24) is 0 Å². The molecular formula is C13H9BrN2O2. The number of carbonyl (C=O) groups is 1. The van der Waals surface area contributed by atoms with Crippen LogP contribution in [0.15, 0.2) is 39.2 Å². The van der Waals surface area contributed by atoms with Crippen LogP contribution in [0.1, 0.15) is 12.7 Å². The van der Waals surface area contributed by atoms with Gasteiger partial charge in [-0.2, -0.15) is 5.26 Å². The molecule has 2 aromatic rings. The first-order chi connectivity index (χ1) is 8.65. The smallest absolute Gasteiger partial charge is 0.248 e. The number of allylic oxidation sites excluding steroid dienone is 1. The van der Waals surface area contributed by atoms with Gasteiger partial charge in [-0.3, -0.25) is 4.79 Å². The van der Waals surface area contributed by atoms with Crippen molar-refractivity contribution in [1.29, 1.82) is 5.26 Å². The Morgan fingerprint density at radius 2 is 2.33 bits per heavy atom. The summed E-state index contributed by atoms with van der Waals surface area (Å²) in [5.74, 6) is -0.197. The van der Waals surface area contributed by atoms with Gasteiger partial charge in [-0.1, -0.05) is 22.0 Å². The summed E-state index contributed by atoms with van der Waals surface area (Å²) in [6.45, 7) is 1.74. The van der Waals surface area contributed by atoms with Crippen LogP contribution in [0.5, 0.6) is 0 Å². The molecule has 0 fully saturated rings. The maximum Gasteiger partial charge on any atom is 0.248 e. The Hall–Kier alpha value is -2.06. The van der Waals surface area contributed by atoms with E-state index in [2.05, 4.69) is 21.2 Å². The van der Waals surface area contributed by atoms with Gasteiger partial charge in [0.15, 0.2) is 0 Å². The van der Waals surface area contributed by atoms with E-state index in [1.807, 2.05) is 12.1 Å². The Labute approximate surface area is 112 Å². The van der Waals surface area contributed by atoms with Crippen molar-refractivity contribution >= 4 is 38.5 Å². The van der Waals surface area contributed by atoms with Crippen LogP contribution in [0, 0.1) is 11.3 Å². The number of hydrogen-bond acceptors (Lipinski definition) is 3. The van der Waals surface area contributed by atoms with E-state index in [0.29, 0.717) is 16.7 Å². The number of benzene rings is 1. The average molecular weight is 305 g/mol. The number of carbonyl (C=O) groups excluding carboxylic acids is 1. The lowest BCUT2D eigenvalue weighted by Crippen LogP contribution is -2.08. The van der Waals surface area contributed by atoms with E-state index in [0.717, 1.165) is 4.47 Å². The number of fused-ring (bicyclic) bond motifs is 1. The largest absolute Gasteiger partial charge is 0.443 e. The molecule has 90 valence electrons. The molecule has 5 heteroatoms. The number of furan rings is 1. The van der Waals surface area contributed by atoms with Crippen LogP contribution in [0.25, 0.3) is 11.0 Å². The maximum absolute atomic E-state index is 11.5. The summed E-state index contributed by atoms with van der Waals surface area (Å²) in [6.07, 6.45) is 3.01. The minimum absolute atomic E-state index is 0.0981. The summed E-state index contributed by atoms with van der Waals surface area (Å²) in [4.78, 5) is 11.5. The molecule has 1 amide bonds. The van der Waals surface area contributed by atoms with Crippen LogP contribution in [-0.2, 0) is 4.79 Å². The predicted molar refractivity (Wildman–Crippen MR) is 72.1 cm³/mol. The van der Waals surface area contributed by atoms with E-state index >= 15 is 0 Å². The highest BCUT2D eigenvalue weighted by molar-refractivity contribution is 9.10. The summed E-state index contributed by atoms with van der Waals surface area (Å²) in [6, 6.07) is 7.28. The van der Waals surface area contributed by atoms with Crippen molar-refractivity contribution in [3.63, 3.8) is 0 Å². The van der Waals surface area contributed by atoms with E-state index in [4.69, 9.17) is 9.68 Å². The SMILES string of the molecule is CC=CC(=O)Nc1c(C#N)oc2ccc(Br)cc12. The monoisotopic (exact) mass is 304 g/mol. The van der Waals surface area contributed by atoms with Gasteiger partial charge in [-0.15, -0.1) is 0 Å². The molecule has 0 saturated heterocycles. The number of rotatable bonds is 2. The fraction of sp³-hybridized carbons (Fsp3) is 0.0769. The van der Waals surface area contributed by atoms with E-state index in [-0.39, 0.29) is 11.7 Å². The lowest BCUT2D eigenvalue weighted by atomic mass is 10.2. The highest BCUT2D eigenvalue weighted by Gasteiger charge is 2.15. The van der Waals surface area contributed by atoms with Gasteiger partial charge in [-0.25, -0.2) is 0 Å². The first-order valence-corrected chi connectivity index (χ1v) is 6.01. The third kappa shape index (κ3) is 2.29. The Bertz CT molecular complexity index is 680. The van der Waals surface area contributed by atoms with E-state index in [9.17, 15) is 4.79 Å². The lowest BCUT2D eigenvalue weighted by Gasteiger charge is -1.99. The molecule has 4 nitrogen and oxygen atoms in total. The molecule has 0 aliphatic rings. The third-order valence-electron chi connectivity index (χ3n) is 2.32. The van der Waals surface area contributed by atoms with Gasteiger partial charge in [0.25, 0.3) is 0 Å². The minimum atomic E-state index is -0.295. The molecule has 1 aromatic carbocycles. The highest BCUT2D eigenvalue weighted by atomic mass is 79.9. The molecular weight excluding hydrogens is 296 g/mol. The molecule has 0 aliphatic heterocycles. The van der Waals surface area contributed by atoms with E-state index in [1.54, 1.807) is 25.1 Å². The van der Waals surface area contributed by atoms with E-state index < -0.39 is 0 Å². The lowest BCUT2D eigenvalue weighted by molar-refractivity contribution is -0.111. The highest BCUT2D eigenvalue weighted by Crippen LogP contribution is 2.32. The van der Waals surface area contributed by atoms with Crippen LogP contribution in [-0.4, -0.2) is 5.91 Å². The standard InChI is InChI=1S/C13H9BrN2O2/c1-2-3-12(17)16-13-9-6-8(14)4-5-10(9)18-11(13)7-15/h2-6H,1H3,(H,16,17). The summed E-state index contributed by atoms with van der Waals surface area (Å²) >= 11 is 3.34. The van der Waals surface area contributed by atoms with Gasteiger partial charge in [-0.05, 0) is 31.2 Å². The van der Waals surface area contributed by atoms with Gasteiger partial charge in [0.05, 0.1) is 0 Å². The van der Waals surface area contributed by atoms with Crippen LogP contribution in [0.3, 0.4) is 0 Å². The Morgan fingerprint density at radius 1 is 1.56 bits per heavy atom. The zero-order valence-electron chi connectivity index (χ0n) is 9.53. The van der Waals surface area contributed by atoms with Gasteiger partial charge in [0.1, 0.15) is 17.3 Å². The summed E-state index contributed by atoms with van der Waals surface area (Å²) < 4.78 is 6.21. The quantitative estimate of drug-likeness (QED) is 0.862. The summed E-state index contributed by atoms with van der Waals surface area (Å²) in [7, 11) is 0. The van der Waals surface area contributed by atoms with Crippen molar-refractivity contribution in [2.75, 3.05) is 5.32 Å². The Morgan fingerprint density at radius 3 is 3.00 bits per heavy atom. The summed E-state index contributed by atoms with van der Waals surface area (Å²) in [5.41, 5.74) is 0.961. The first kappa shape index (κ1) is 12.4. The molecule has 0 aliphatic carbocycles. The molecule has 0 atom stereocenters. The maximum atomic E-state index is 11.5. The normalized spacial score (nSPS) is 10.7. The molecule has 0 radical (unpaired) electrons. The van der Waals surface area contributed by atoms with Gasteiger partial charge < -0.3 is 9.73 Å². The molecule has 1 aromatic heterocycles. The zero-order valence-corrected chi connectivity index (χ0v) is 11.1. The predicted octanol–water partition coefficient (Wildman–Crippen LogP) is 3.58. The van der Waals surface area contributed by atoms with Crippen molar-refractivity contribution in [3.05, 3.63) is 40.6 Å². The van der Waals surface area contributed by atoms with Crippen LogP contribution < -0.4 is 5.32 Å². The summed E-state index contributed by atoms with van der Waals surface area (Å²) in [5, 5.41) is 12.3. The second kappa shape index (κ2) is 5.07. The van der Waals surface area contributed by atoms with Gasteiger partial charge in [0, 0.05) is 9.86 Å². The average Bonchev–Trinajstić information content (AvgIpc) is 2.67. The van der Waals surface area contributed by atoms with Crippen molar-refractivity contribution in [2.24, 2.45) is 0 Å². The van der Waals surface area contributed by atoms with Crippen LogP contribution in [0.2, 0.25) is 0 Å². The molecule has 1 N–H and O–H groups in total. The van der Waals surface area contributed by atoms with Crippen molar-refractivity contribution in [3.8, 4) is 6.07 Å². The number of halogens is 1. The van der Waals surface area contributed by atoms with Crippen molar-refractivity contribution < 1.29 is 9.21 Å². The molecule has 0 spiro atoms. The van der Waals surface area contributed by atoms with Gasteiger partial charge >= 0.3 is 0 Å². The Kier molecular flexibility index (Phi) is 3.49. The molecule has 1 heterocycles. The fourth-order valence-electron chi connectivity index (χ4n) is 1.59. The topological polar surface area (TPSA) is 66.0 Å². The Balaban J connectivity index is 2.56. The number of hydrogen-bond donors (Lipinski definition) is 1. The number of nitriles is 1. The zero-order chi connectivity index (χ0) is 13.1. The van der Waals surface area contributed by atoms with Crippen molar-refractivity contribution in [2.45, 2.75) is 6.92 Å². The second-order valence-electron chi connectivity index (χ2n) is 3.55. The van der Waals surface area contributed by atoms with Crippen LogP contribution >= 0.6 is 15.9 Å². The molecule has 0 saturated carbocycles.